The highest BCUT2D eigenvalue weighted by Crippen LogP contribution is 2.21. The lowest BCUT2D eigenvalue weighted by Gasteiger charge is -2.14. The summed E-state index contributed by atoms with van der Waals surface area (Å²) in [4.78, 5) is 24.4. The van der Waals surface area contributed by atoms with E-state index in [-0.39, 0.29) is 11.6 Å². The van der Waals surface area contributed by atoms with Crippen LogP contribution in [0.15, 0.2) is 48.5 Å². The number of carbonyl (C=O) groups is 2. The fourth-order valence-corrected chi connectivity index (χ4v) is 2.43. The van der Waals surface area contributed by atoms with E-state index in [0.717, 1.165) is 11.1 Å². The standard InChI is InChI=1S/C16H12O2/c17-15-9-11-5-1-3-7-13(11)16(18)10-12-6-2-4-8-14(12)15/h1-8H,9-10H2. The number of ketones is 2. The second kappa shape index (κ2) is 4.22. The van der Waals surface area contributed by atoms with Crippen LogP contribution in [-0.2, 0) is 12.8 Å². The summed E-state index contributed by atoms with van der Waals surface area (Å²) in [5.74, 6) is 0.177. The second-order valence-electron chi connectivity index (χ2n) is 4.51. The zero-order chi connectivity index (χ0) is 12.5. The molecule has 2 aromatic carbocycles. The van der Waals surface area contributed by atoms with Crippen LogP contribution in [-0.4, -0.2) is 11.6 Å². The average Bonchev–Trinajstić information content (AvgIpc) is 2.38. The Balaban J connectivity index is 2.15. The maximum absolute atomic E-state index is 12.2. The third-order valence-electron chi connectivity index (χ3n) is 3.34. The Kier molecular flexibility index (Phi) is 2.56. The Morgan fingerprint density at radius 3 is 1.44 bits per heavy atom. The summed E-state index contributed by atoms with van der Waals surface area (Å²) in [6, 6.07) is 14.7. The number of carbonyl (C=O) groups excluding carboxylic acids is 2. The van der Waals surface area contributed by atoms with Gasteiger partial charge in [0.05, 0.1) is 0 Å². The van der Waals surface area contributed by atoms with Crippen molar-refractivity contribution >= 4 is 11.6 Å². The molecular weight excluding hydrogens is 224 g/mol. The summed E-state index contributed by atoms with van der Waals surface area (Å²) in [5.41, 5.74) is 3.03. The summed E-state index contributed by atoms with van der Waals surface area (Å²) >= 11 is 0. The van der Waals surface area contributed by atoms with Gasteiger partial charge >= 0.3 is 0 Å². The highest BCUT2D eigenvalue weighted by atomic mass is 16.1. The van der Waals surface area contributed by atoms with Crippen molar-refractivity contribution in [3.63, 3.8) is 0 Å². The van der Waals surface area contributed by atoms with Crippen LogP contribution in [0.5, 0.6) is 0 Å². The molecule has 2 heteroatoms. The minimum atomic E-state index is 0.0885. The Bertz CT molecular complexity index is 584. The summed E-state index contributed by atoms with van der Waals surface area (Å²) < 4.78 is 0. The lowest BCUT2D eigenvalue weighted by molar-refractivity contribution is 0.0976. The molecule has 0 atom stereocenters. The largest absolute Gasteiger partial charge is 0.294 e. The molecule has 88 valence electrons. The van der Waals surface area contributed by atoms with Crippen LogP contribution in [0.25, 0.3) is 0 Å². The van der Waals surface area contributed by atoms with E-state index in [1.807, 2.05) is 36.4 Å². The van der Waals surface area contributed by atoms with Gasteiger partial charge in [0.25, 0.3) is 0 Å². The number of hydrogen-bond donors (Lipinski definition) is 0. The van der Waals surface area contributed by atoms with Crippen LogP contribution in [0.3, 0.4) is 0 Å². The number of hydrogen-bond acceptors (Lipinski definition) is 2. The molecule has 0 spiro atoms. The van der Waals surface area contributed by atoms with E-state index in [1.165, 1.54) is 0 Å². The van der Waals surface area contributed by atoms with E-state index in [1.54, 1.807) is 12.1 Å². The second-order valence-corrected chi connectivity index (χ2v) is 4.51. The number of benzene rings is 2. The van der Waals surface area contributed by atoms with Gasteiger partial charge in [-0.1, -0.05) is 48.5 Å². The Morgan fingerprint density at radius 1 is 0.611 bits per heavy atom. The van der Waals surface area contributed by atoms with E-state index < -0.39 is 0 Å². The monoisotopic (exact) mass is 236 g/mol. The first-order valence-electron chi connectivity index (χ1n) is 5.98. The highest BCUT2D eigenvalue weighted by Gasteiger charge is 2.21. The maximum Gasteiger partial charge on any atom is 0.167 e. The molecule has 0 heterocycles. The summed E-state index contributed by atoms with van der Waals surface area (Å²) in [6.45, 7) is 0. The molecule has 0 fully saturated rings. The van der Waals surface area contributed by atoms with Crippen molar-refractivity contribution in [2.24, 2.45) is 0 Å². The van der Waals surface area contributed by atoms with Gasteiger partial charge < -0.3 is 0 Å². The van der Waals surface area contributed by atoms with Gasteiger partial charge in [-0.05, 0) is 11.1 Å². The third-order valence-corrected chi connectivity index (χ3v) is 3.34. The van der Waals surface area contributed by atoms with E-state index in [0.29, 0.717) is 24.0 Å². The van der Waals surface area contributed by atoms with Crippen LogP contribution >= 0.6 is 0 Å². The van der Waals surface area contributed by atoms with Gasteiger partial charge in [-0.25, -0.2) is 0 Å². The molecule has 0 amide bonds. The molecule has 2 aromatic rings. The first kappa shape index (κ1) is 10.9. The van der Waals surface area contributed by atoms with Crippen molar-refractivity contribution in [1.82, 2.24) is 0 Å². The SMILES string of the molecule is O=C1Cc2ccccc2C(=O)Cc2ccccc21. The molecule has 0 saturated heterocycles. The zero-order valence-corrected chi connectivity index (χ0v) is 9.85. The summed E-state index contributed by atoms with van der Waals surface area (Å²) in [7, 11) is 0. The molecule has 0 aromatic heterocycles. The fourth-order valence-electron chi connectivity index (χ4n) is 2.43. The molecule has 0 unspecified atom stereocenters. The first-order chi connectivity index (χ1) is 8.75. The van der Waals surface area contributed by atoms with Crippen molar-refractivity contribution in [3.05, 3.63) is 70.8 Å². The van der Waals surface area contributed by atoms with Crippen LogP contribution in [0.1, 0.15) is 31.8 Å². The molecule has 0 N–H and O–H groups in total. The summed E-state index contributed by atoms with van der Waals surface area (Å²) in [6.07, 6.45) is 0.609. The average molecular weight is 236 g/mol. The molecule has 0 saturated carbocycles. The van der Waals surface area contributed by atoms with E-state index in [2.05, 4.69) is 0 Å². The molecule has 3 rings (SSSR count). The lowest BCUT2D eigenvalue weighted by Crippen LogP contribution is -2.17. The van der Waals surface area contributed by atoms with Crippen molar-refractivity contribution in [3.8, 4) is 0 Å². The van der Waals surface area contributed by atoms with E-state index in [4.69, 9.17) is 0 Å². The van der Waals surface area contributed by atoms with Gasteiger partial charge in [0.15, 0.2) is 11.6 Å². The Hall–Kier alpha value is -2.22. The van der Waals surface area contributed by atoms with Crippen LogP contribution < -0.4 is 0 Å². The minimum absolute atomic E-state index is 0.0885. The molecule has 1 aliphatic rings. The van der Waals surface area contributed by atoms with Crippen molar-refractivity contribution in [2.45, 2.75) is 12.8 Å². The van der Waals surface area contributed by atoms with E-state index >= 15 is 0 Å². The number of Topliss-reactive ketones (excluding diaryl/α,β-unsaturated/α-hetero) is 2. The molecule has 0 aliphatic heterocycles. The van der Waals surface area contributed by atoms with Crippen molar-refractivity contribution in [1.29, 1.82) is 0 Å². The zero-order valence-electron chi connectivity index (χ0n) is 9.85. The molecular formula is C16H12O2. The Labute approximate surface area is 105 Å². The molecule has 1 aliphatic carbocycles. The van der Waals surface area contributed by atoms with Gasteiger partial charge in [0, 0.05) is 24.0 Å². The van der Waals surface area contributed by atoms with Crippen LogP contribution in [0.4, 0.5) is 0 Å². The number of fused-ring (bicyclic) bond motifs is 2. The van der Waals surface area contributed by atoms with Gasteiger partial charge in [0.1, 0.15) is 0 Å². The van der Waals surface area contributed by atoms with Crippen LogP contribution in [0, 0.1) is 0 Å². The minimum Gasteiger partial charge on any atom is -0.294 e. The maximum atomic E-state index is 12.2. The van der Waals surface area contributed by atoms with Crippen molar-refractivity contribution in [2.75, 3.05) is 0 Å². The molecule has 0 radical (unpaired) electrons. The summed E-state index contributed by atoms with van der Waals surface area (Å²) in [5, 5.41) is 0. The first-order valence-corrected chi connectivity index (χ1v) is 5.98. The smallest absolute Gasteiger partial charge is 0.167 e. The predicted molar refractivity (Wildman–Crippen MR) is 69.0 cm³/mol. The lowest BCUT2D eigenvalue weighted by atomic mass is 9.88. The third kappa shape index (κ3) is 1.76. The molecule has 2 nitrogen and oxygen atoms in total. The Morgan fingerprint density at radius 2 is 1.00 bits per heavy atom. The van der Waals surface area contributed by atoms with Crippen LogP contribution in [0.2, 0.25) is 0 Å². The fraction of sp³-hybridized carbons (Fsp3) is 0.125. The normalized spacial score (nSPS) is 14.4. The van der Waals surface area contributed by atoms with Gasteiger partial charge in [-0.3, -0.25) is 9.59 Å². The predicted octanol–water partition coefficient (Wildman–Crippen LogP) is 2.85. The number of rotatable bonds is 0. The van der Waals surface area contributed by atoms with Gasteiger partial charge in [-0.2, -0.15) is 0 Å². The van der Waals surface area contributed by atoms with Gasteiger partial charge in [-0.15, -0.1) is 0 Å². The highest BCUT2D eigenvalue weighted by molar-refractivity contribution is 6.06. The van der Waals surface area contributed by atoms with Crippen molar-refractivity contribution < 1.29 is 9.59 Å². The quantitative estimate of drug-likeness (QED) is 0.704. The topological polar surface area (TPSA) is 34.1 Å². The molecule has 18 heavy (non-hydrogen) atoms. The van der Waals surface area contributed by atoms with Gasteiger partial charge in [0.2, 0.25) is 0 Å². The molecule has 0 bridgehead atoms. The van der Waals surface area contributed by atoms with E-state index in [9.17, 15) is 9.59 Å².